The molecule has 0 radical (unpaired) electrons. The minimum Gasteiger partial charge on any atom is -0.368 e. The molecular weight excluding hydrogens is 316 g/mol. The van der Waals surface area contributed by atoms with Crippen LogP contribution in [0.25, 0.3) is 0 Å². The van der Waals surface area contributed by atoms with Gasteiger partial charge < -0.3 is 15.4 Å². The molecule has 1 aromatic carbocycles. The average molecular weight is 344 g/mol. The fourth-order valence-corrected chi connectivity index (χ4v) is 3.78. The van der Waals surface area contributed by atoms with Gasteiger partial charge in [-0.1, -0.05) is 32.8 Å². The predicted octanol–water partition coefficient (Wildman–Crippen LogP) is 3.36. The summed E-state index contributed by atoms with van der Waals surface area (Å²) in [6, 6.07) is 7.34. The Balaban J connectivity index is 1.62. The van der Waals surface area contributed by atoms with Crippen molar-refractivity contribution >= 4 is 17.5 Å². The van der Waals surface area contributed by atoms with Gasteiger partial charge in [0.15, 0.2) is 0 Å². The molecule has 136 valence electrons. The highest BCUT2D eigenvalue weighted by Crippen LogP contribution is 2.29. The van der Waals surface area contributed by atoms with Crippen molar-refractivity contribution in [3.8, 4) is 0 Å². The molecular formula is C20H28N2O3. The highest BCUT2D eigenvalue weighted by atomic mass is 16.5. The fraction of sp³-hybridized carbons (Fsp3) is 0.600. The first-order chi connectivity index (χ1) is 12.0. The van der Waals surface area contributed by atoms with Crippen molar-refractivity contribution in [2.75, 3.05) is 11.9 Å². The van der Waals surface area contributed by atoms with Gasteiger partial charge in [0.1, 0.15) is 6.10 Å². The van der Waals surface area contributed by atoms with Gasteiger partial charge in [-0.3, -0.25) is 9.59 Å². The van der Waals surface area contributed by atoms with E-state index in [1.165, 1.54) is 6.42 Å². The zero-order chi connectivity index (χ0) is 17.8. The quantitative estimate of drug-likeness (QED) is 0.880. The maximum absolute atomic E-state index is 12.6. The second kappa shape index (κ2) is 8.00. The summed E-state index contributed by atoms with van der Waals surface area (Å²) in [5, 5.41) is 6.03. The number of hydrogen-bond acceptors (Lipinski definition) is 3. The van der Waals surface area contributed by atoms with Gasteiger partial charge >= 0.3 is 0 Å². The van der Waals surface area contributed by atoms with Crippen molar-refractivity contribution in [2.45, 2.75) is 58.1 Å². The second-order valence-corrected chi connectivity index (χ2v) is 7.42. The van der Waals surface area contributed by atoms with E-state index in [9.17, 15) is 9.59 Å². The highest BCUT2D eigenvalue weighted by molar-refractivity contribution is 5.98. The normalized spacial score (nSPS) is 29.2. The van der Waals surface area contributed by atoms with Crippen molar-refractivity contribution in [1.82, 2.24) is 5.32 Å². The second-order valence-electron chi connectivity index (χ2n) is 7.42. The predicted molar refractivity (Wildman–Crippen MR) is 97.5 cm³/mol. The Labute approximate surface area is 149 Å². The number of rotatable bonds is 4. The molecule has 2 N–H and O–H groups in total. The summed E-state index contributed by atoms with van der Waals surface area (Å²) in [7, 11) is 0. The Kier molecular flexibility index (Phi) is 5.74. The van der Waals surface area contributed by atoms with Crippen LogP contribution in [0.3, 0.4) is 0 Å². The van der Waals surface area contributed by atoms with Crippen LogP contribution in [0.5, 0.6) is 0 Å². The number of ether oxygens (including phenoxy) is 1. The first-order valence-electron chi connectivity index (χ1n) is 9.38. The van der Waals surface area contributed by atoms with E-state index < -0.39 is 0 Å². The number of hydrogen-bond donors (Lipinski definition) is 2. The van der Waals surface area contributed by atoms with Crippen LogP contribution in [0.15, 0.2) is 24.3 Å². The van der Waals surface area contributed by atoms with Crippen molar-refractivity contribution in [3.05, 3.63) is 29.8 Å². The van der Waals surface area contributed by atoms with Crippen LogP contribution >= 0.6 is 0 Å². The molecule has 2 fully saturated rings. The summed E-state index contributed by atoms with van der Waals surface area (Å²) in [6.45, 7) is 5.11. The molecule has 25 heavy (non-hydrogen) atoms. The van der Waals surface area contributed by atoms with Gasteiger partial charge in [-0.2, -0.15) is 0 Å². The Hall–Kier alpha value is -1.88. The van der Waals surface area contributed by atoms with E-state index in [0.29, 0.717) is 29.7 Å². The lowest BCUT2D eigenvalue weighted by molar-refractivity contribution is -0.124. The van der Waals surface area contributed by atoms with Crippen LogP contribution in [0, 0.1) is 11.8 Å². The number of nitrogens with one attached hydrogen (secondary N) is 2. The van der Waals surface area contributed by atoms with Crippen LogP contribution in [0.2, 0.25) is 0 Å². The molecule has 2 aliphatic rings. The van der Waals surface area contributed by atoms with E-state index in [1.54, 1.807) is 24.3 Å². The molecule has 1 aliphatic carbocycles. The van der Waals surface area contributed by atoms with E-state index in [0.717, 1.165) is 25.7 Å². The lowest BCUT2D eigenvalue weighted by Crippen LogP contribution is -2.43. The third kappa shape index (κ3) is 4.40. The molecule has 5 heteroatoms. The number of benzene rings is 1. The molecule has 1 saturated heterocycles. The van der Waals surface area contributed by atoms with Crippen LogP contribution < -0.4 is 10.6 Å². The van der Waals surface area contributed by atoms with E-state index in [1.807, 2.05) is 0 Å². The van der Waals surface area contributed by atoms with Crippen LogP contribution in [-0.2, 0) is 9.53 Å². The SMILES string of the molecule is C[C@@H]1[C@H](C)CCC[C@@H]1NC(=O)c1cccc(NC(=O)[C@@H]2CCCO2)c1. The van der Waals surface area contributed by atoms with Crippen LogP contribution in [0.1, 0.15) is 56.3 Å². The zero-order valence-corrected chi connectivity index (χ0v) is 15.1. The van der Waals surface area contributed by atoms with E-state index in [2.05, 4.69) is 24.5 Å². The molecule has 0 aromatic heterocycles. The molecule has 2 amide bonds. The summed E-state index contributed by atoms with van der Waals surface area (Å²) >= 11 is 0. The minimum atomic E-state index is -0.373. The zero-order valence-electron chi connectivity index (χ0n) is 15.1. The monoisotopic (exact) mass is 344 g/mol. The maximum Gasteiger partial charge on any atom is 0.253 e. The Morgan fingerprint density at radius 2 is 1.96 bits per heavy atom. The number of carbonyl (C=O) groups excluding carboxylic acids is 2. The van der Waals surface area contributed by atoms with Gasteiger partial charge in [0.25, 0.3) is 11.8 Å². The van der Waals surface area contributed by atoms with Gasteiger partial charge in [-0.15, -0.1) is 0 Å². The fourth-order valence-electron chi connectivity index (χ4n) is 3.78. The molecule has 4 atom stereocenters. The topological polar surface area (TPSA) is 67.4 Å². The molecule has 1 saturated carbocycles. The number of amides is 2. The summed E-state index contributed by atoms with van der Waals surface area (Å²) in [6.07, 6.45) is 4.73. The van der Waals surface area contributed by atoms with Crippen molar-refractivity contribution < 1.29 is 14.3 Å². The van der Waals surface area contributed by atoms with E-state index >= 15 is 0 Å². The molecule has 0 unspecified atom stereocenters. The van der Waals surface area contributed by atoms with Crippen molar-refractivity contribution in [2.24, 2.45) is 11.8 Å². The van der Waals surface area contributed by atoms with Crippen molar-refractivity contribution in [1.29, 1.82) is 0 Å². The van der Waals surface area contributed by atoms with Gasteiger partial charge in [0.05, 0.1) is 0 Å². The summed E-state index contributed by atoms with van der Waals surface area (Å²) in [5.74, 6) is 0.917. The maximum atomic E-state index is 12.6. The number of carbonyl (C=O) groups is 2. The van der Waals surface area contributed by atoms with Gasteiger partial charge in [0, 0.05) is 23.9 Å². The third-order valence-electron chi connectivity index (χ3n) is 5.64. The van der Waals surface area contributed by atoms with Crippen LogP contribution in [0.4, 0.5) is 5.69 Å². The molecule has 3 rings (SSSR count). The standard InChI is InChI=1S/C20H28N2O3/c1-13-6-3-9-17(14(13)2)22-19(23)15-7-4-8-16(12-15)21-20(24)18-10-5-11-25-18/h4,7-8,12-14,17-18H,3,5-6,9-11H2,1-2H3,(H,21,24)(H,22,23)/t13-,14-,17+,18+/m1/s1. The molecule has 0 spiro atoms. The summed E-state index contributed by atoms with van der Waals surface area (Å²) < 4.78 is 5.40. The third-order valence-corrected chi connectivity index (χ3v) is 5.64. The Morgan fingerprint density at radius 3 is 2.72 bits per heavy atom. The molecule has 1 heterocycles. The first kappa shape index (κ1) is 17.9. The smallest absolute Gasteiger partial charge is 0.253 e. The molecule has 0 bridgehead atoms. The largest absolute Gasteiger partial charge is 0.368 e. The molecule has 1 aromatic rings. The summed E-state index contributed by atoms with van der Waals surface area (Å²) in [4.78, 5) is 24.8. The Bertz CT molecular complexity index is 625. The van der Waals surface area contributed by atoms with E-state index in [4.69, 9.17) is 4.74 Å². The molecule has 5 nitrogen and oxygen atoms in total. The highest BCUT2D eigenvalue weighted by Gasteiger charge is 2.28. The lowest BCUT2D eigenvalue weighted by Gasteiger charge is -2.34. The first-order valence-corrected chi connectivity index (χ1v) is 9.38. The number of anilines is 1. The molecule has 1 aliphatic heterocycles. The average Bonchev–Trinajstić information content (AvgIpc) is 3.14. The lowest BCUT2D eigenvalue weighted by atomic mass is 9.78. The van der Waals surface area contributed by atoms with Crippen molar-refractivity contribution in [3.63, 3.8) is 0 Å². The van der Waals surface area contributed by atoms with Gasteiger partial charge in [0.2, 0.25) is 0 Å². The van der Waals surface area contributed by atoms with Gasteiger partial charge in [-0.25, -0.2) is 0 Å². The minimum absolute atomic E-state index is 0.0702. The van der Waals surface area contributed by atoms with Crippen LogP contribution in [-0.4, -0.2) is 30.6 Å². The summed E-state index contributed by atoms with van der Waals surface area (Å²) in [5.41, 5.74) is 1.22. The van der Waals surface area contributed by atoms with E-state index in [-0.39, 0.29) is 24.0 Å². The van der Waals surface area contributed by atoms with Gasteiger partial charge in [-0.05, 0) is 49.3 Å². The Morgan fingerprint density at radius 1 is 1.12 bits per heavy atom.